The van der Waals surface area contributed by atoms with Crippen molar-refractivity contribution in [2.24, 2.45) is 5.92 Å². The number of carbonyl (C=O) groups excluding carboxylic acids is 1. The minimum Gasteiger partial charge on any atom is -0.355 e. The van der Waals surface area contributed by atoms with Crippen molar-refractivity contribution in [1.82, 2.24) is 16.0 Å². The molecule has 0 aromatic heterocycles. The highest BCUT2D eigenvalue weighted by Gasteiger charge is 2.14. The molecule has 4 heteroatoms. The molecular formula is C17H27N3O. The number of amides is 1. The Morgan fingerprint density at radius 3 is 2.71 bits per heavy atom. The summed E-state index contributed by atoms with van der Waals surface area (Å²) in [5.74, 6) is 0.741. The first-order valence-electron chi connectivity index (χ1n) is 7.99. The quantitative estimate of drug-likeness (QED) is 0.710. The Morgan fingerprint density at radius 1 is 1.29 bits per heavy atom. The van der Waals surface area contributed by atoms with Gasteiger partial charge in [-0.1, -0.05) is 30.3 Å². The molecule has 1 saturated heterocycles. The molecule has 2 rings (SSSR count). The molecule has 3 N–H and O–H groups in total. The van der Waals surface area contributed by atoms with Crippen LogP contribution in [0.2, 0.25) is 0 Å². The number of piperidine rings is 1. The van der Waals surface area contributed by atoms with Crippen molar-refractivity contribution in [2.75, 3.05) is 26.2 Å². The summed E-state index contributed by atoms with van der Waals surface area (Å²) < 4.78 is 0. The molecule has 1 aliphatic heterocycles. The van der Waals surface area contributed by atoms with Crippen LogP contribution in [-0.2, 0) is 11.2 Å². The largest absolute Gasteiger partial charge is 0.355 e. The van der Waals surface area contributed by atoms with E-state index in [1.54, 1.807) is 0 Å². The molecule has 0 saturated carbocycles. The SMILES string of the molecule is C[C@@H](Cc1ccccc1)NCC(=O)NCC1CCNCC1. The van der Waals surface area contributed by atoms with E-state index in [4.69, 9.17) is 0 Å². The predicted octanol–water partition coefficient (Wildman–Crippen LogP) is 1.32. The first kappa shape index (κ1) is 16.0. The van der Waals surface area contributed by atoms with Crippen LogP contribution in [0, 0.1) is 5.92 Å². The minimum atomic E-state index is 0.105. The van der Waals surface area contributed by atoms with Gasteiger partial charge >= 0.3 is 0 Å². The van der Waals surface area contributed by atoms with E-state index in [0.29, 0.717) is 18.5 Å². The van der Waals surface area contributed by atoms with Gasteiger partial charge in [-0.2, -0.15) is 0 Å². The summed E-state index contributed by atoms with van der Waals surface area (Å²) in [5, 5.41) is 9.68. The molecule has 0 radical (unpaired) electrons. The van der Waals surface area contributed by atoms with Gasteiger partial charge in [-0.15, -0.1) is 0 Å². The third kappa shape index (κ3) is 6.27. The van der Waals surface area contributed by atoms with E-state index in [0.717, 1.165) is 38.9 Å². The van der Waals surface area contributed by atoms with Crippen LogP contribution in [0.15, 0.2) is 30.3 Å². The summed E-state index contributed by atoms with van der Waals surface area (Å²) in [5.41, 5.74) is 1.30. The molecule has 4 nitrogen and oxygen atoms in total. The molecule has 0 spiro atoms. The number of carbonyl (C=O) groups is 1. The number of hydrogen-bond acceptors (Lipinski definition) is 3. The second-order valence-corrected chi connectivity index (χ2v) is 5.97. The van der Waals surface area contributed by atoms with Crippen LogP contribution in [0.3, 0.4) is 0 Å². The Hall–Kier alpha value is -1.39. The standard InChI is InChI=1S/C17H27N3O/c1-14(11-15-5-3-2-4-6-15)19-13-17(21)20-12-16-7-9-18-10-8-16/h2-6,14,16,18-19H,7-13H2,1H3,(H,20,21)/t14-/m0/s1. The molecule has 116 valence electrons. The topological polar surface area (TPSA) is 53.2 Å². The zero-order chi connectivity index (χ0) is 14.9. The lowest BCUT2D eigenvalue weighted by atomic mass is 9.98. The first-order chi connectivity index (χ1) is 10.2. The molecule has 1 fully saturated rings. The molecule has 0 unspecified atom stereocenters. The van der Waals surface area contributed by atoms with Gasteiger partial charge in [0.2, 0.25) is 5.91 Å². The highest BCUT2D eigenvalue weighted by molar-refractivity contribution is 5.78. The summed E-state index contributed by atoms with van der Waals surface area (Å²) in [4.78, 5) is 11.9. The van der Waals surface area contributed by atoms with Gasteiger partial charge < -0.3 is 16.0 Å². The van der Waals surface area contributed by atoms with Gasteiger partial charge in [0, 0.05) is 12.6 Å². The monoisotopic (exact) mass is 289 g/mol. The highest BCUT2D eigenvalue weighted by atomic mass is 16.1. The van der Waals surface area contributed by atoms with E-state index in [-0.39, 0.29) is 5.91 Å². The minimum absolute atomic E-state index is 0.105. The van der Waals surface area contributed by atoms with E-state index in [1.807, 2.05) is 18.2 Å². The van der Waals surface area contributed by atoms with Gasteiger partial charge in [0.05, 0.1) is 6.54 Å². The summed E-state index contributed by atoms with van der Waals surface area (Å²) in [6.07, 6.45) is 3.28. The van der Waals surface area contributed by atoms with E-state index >= 15 is 0 Å². The summed E-state index contributed by atoms with van der Waals surface area (Å²) in [7, 11) is 0. The fourth-order valence-corrected chi connectivity index (χ4v) is 2.71. The van der Waals surface area contributed by atoms with Crippen molar-refractivity contribution >= 4 is 5.91 Å². The zero-order valence-corrected chi connectivity index (χ0v) is 12.9. The molecule has 21 heavy (non-hydrogen) atoms. The van der Waals surface area contributed by atoms with Crippen molar-refractivity contribution in [3.05, 3.63) is 35.9 Å². The lowest BCUT2D eigenvalue weighted by molar-refractivity contribution is -0.120. The lowest BCUT2D eigenvalue weighted by Crippen LogP contribution is -2.41. The summed E-state index contributed by atoms with van der Waals surface area (Å²) >= 11 is 0. The van der Waals surface area contributed by atoms with Crippen molar-refractivity contribution in [3.63, 3.8) is 0 Å². The molecule has 1 amide bonds. The van der Waals surface area contributed by atoms with Crippen LogP contribution in [0.5, 0.6) is 0 Å². The van der Waals surface area contributed by atoms with Crippen LogP contribution in [0.25, 0.3) is 0 Å². The van der Waals surface area contributed by atoms with Crippen LogP contribution in [0.4, 0.5) is 0 Å². The fourth-order valence-electron chi connectivity index (χ4n) is 2.71. The maximum absolute atomic E-state index is 11.9. The van der Waals surface area contributed by atoms with Gasteiger partial charge in [-0.05, 0) is 50.8 Å². The Balaban J connectivity index is 1.59. The normalized spacial score (nSPS) is 17.4. The first-order valence-corrected chi connectivity index (χ1v) is 7.99. The third-order valence-electron chi connectivity index (χ3n) is 4.04. The Bertz CT molecular complexity index is 415. The molecule has 1 aromatic carbocycles. The second kappa shape index (κ2) is 8.80. The van der Waals surface area contributed by atoms with Gasteiger partial charge in [0.15, 0.2) is 0 Å². The van der Waals surface area contributed by atoms with Crippen LogP contribution < -0.4 is 16.0 Å². The van der Waals surface area contributed by atoms with Crippen molar-refractivity contribution in [1.29, 1.82) is 0 Å². The number of rotatable bonds is 7. The van der Waals surface area contributed by atoms with E-state index < -0.39 is 0 Å². The summed E-state index contributed by atoms with van der Waals surface area (Å²) in [6.45, 7) is 5.49. The Labute approximate surface area is 127 Å². The van der Waals surface area contributed by atoms with E-state index in [9.17, 15) is 4.79 Å². The highest BCUT2D eigenvalue weighted by Crippen LogP contribution is 2.09. The molecule has 1 heterocycles. The Kier molecular flexibility index (Phi) is 6.70. The fraction of sp³-hybridized carbons (Fsp3) is 0.588. The van der Waals surface area contributed by atoms with Crippen LogP contribution in [-0.4, -0.2) is 38.1 Å². The van der Waals surface area contributed by atoms with Gasteiger partial charge in [0.25, 0.3) is 0 Å². The lowest BCUT2D eigenvalue weighted by Gasteiger charge is -2.23. The van der Waals surface area contributed by atoms with E-state index in [1.165, 1.54) is 5.56 Å². The zero-order valence-electron chi connectivity index (χ0n) is 12.9. The Morgan fingerprint density at radius 2 is 2.00 bits per heavy atom. The molecule has 0 bridgehead atoms. The maximum Gasteiger partial charge on any atom is 0.233 e. The number of nitrogens with one attached hydrogen (secondary N) is 3. The number of hydrogen-bond donors (Lipinski definition) is 3. The van der Waals surface area contributed by atoms with E-state index in [2.05, 4.69) is 35.0 Å². The summed E-state index contributed by atoms with van der Waals surface area (Å²) in [6, 6.07) is 10.7. The third-order valence-corrected chi connectivity index (χ3v) is 4.04. The van der Waals surface area contributed by atoms with Crippen LogP contribution in [0.1, 0.15) is 25.3 Å². The maximum atomic E-state index is 11.9. The molecule has 1 aromatic rings. The van der Waals surface area contributed by atoms with Crippen molar-refractivity contribution in [3.8, 4) is 0 Å². The molecule has 1 atom stereocenters. The average Bonchev–Trinajstić information content (AvgIpc) is 2.53. The number of benzene rings is 1. The molecular weight excluding hydrogens is 262 g/mol. The van der Waals surface area contributed by atoms with Gasteiger partial charge in [0.1, 0.15) is 0 Å². The van der Waals surface area contributed by atoms with Crippen molar-refractivity contribution in [2.45, 2.75) is 32.2 Å². The van der Waals surface area contributed by atoms with Crippen LogP contribution >= 0.6 is 0 Å². The average molecular weight is 289 g/mol. The molecule has 0 aliphatic carbocycles. The smallest absolute Gasteiger partial charge is 0.233 e. The second-order valence-electron chi connectivity index (χ2n) is 5.97. The predicted molar refractivity (Wildman–Crippen MR) is 86.2 cm³/mol. The van der Waals surface area contributed by atoms with Gasteiger partial charge in [-0.3, -0.25) is 4.79 Å². The van der Waals surface area contributed by atoms with Crippen molar-refractivity contribution < 1.29 is 4.79 Å². The molecule has 1 aliphatic rings. The van der Waals surface area contributed by atoms with Gasteiger partial charge in [-0.25, -0.2) is 0 Å².